The molecule has 0 spiro atoms. The number of nitrogens with zero attached hydrogens (tertiary/aromatic N) is 2. The topological polar surface area (TPSA) is 60.9 Å². The summed E-state index contributed by atoms with van der Waals surface area (Å²) >= 11 is 5.04. The molecule has 7 heteroatoms. The van der Waals surface area contributed by atoms with Crippen LogP contribution in [0.1, 0.15) is 11.8 Å². The van der Waals surface area contributed by atoms with Crippen LogP contribution in [-0.2, 0) is 16.1 Å². The Hall–Kier alpha value is -0.920. The Morgan fingerprint density at radius 2 is 2.20 bits per heavy atom. The molecule has 1 fully saturated rings. The summed E-state index contributed by atoms with van der Waals surface area (Å²) < 4.78 is 1.06. The highest BCUT2D eigenvalue weighted by molar-refractivity contribution is 9.11. The van der Waals surface area contributed by atoms with Crippen LogP contribution < -0.4 is 0 Å². The number of carboxylic acids is 1. The summed E-state index contributed by atoms with van der Waals surface area (Å²) in [5.41, 5.74) is 0. The van der Waals surface area contributed by atoms with Gasteiger partial charge in [-0.05, 0) is 35.0 Å². The minimum atomic E-state index is -0.774. The van der Waals surface area contributed by atoms with Gasteiger partial charge in [0.25, 0.3) is 0 Å². The van der Waals surface area contributed by atoms with Crippen LogP contribution in [0.5, 0.6) is 0 Å². The molecule has 0 aromatic carbocycles. The molecule has 1 aromatic rings. The number of rotatable bonds is 6. The summed E-state index contributed by atoms with van der Waals surface area (Å²) in [6.07, 6.45) is 0. The molecule has 1 amide bonds. The van der Waals surface area contributed by atoms with Crippen LogP contribution in [0, 0.1) is 5.92 Å². The van der Waals surface area contributed by atoms with Crippen molar-refractivity contribution in [1.82, 2.24) is 9.80 Å². The fourth-order valence-electron chi connectivity index (χ4n) is 2.15. The normalized spacial score (nSPS) is 15.9. The first-order valence-corrected chi connectivity index (χ1v) is 8.07. The van der Waals surface area contributed by atoms with Gasteiger partial charge in [-0.2, -0.15) is 0 Å². The molecule has 0 atom stereocenters. The number of amides is 1. The van der Waals surface area contributed by atoms with Gasteiger partial charge in [0.2, 0.25) is 5.91 Å². The maximum atomic E-state index is 12.2. The van der Waals surface area contributed by atoms with Gasteiger partial charge in [0.15, 0.2) is 0 Å². The number of thiophene rings is 1. The molecule has 5 nitrogen and oxygen atoms in total. The summed E-state index contributed by atoms with van der Waals surface area (Å²) in [7, 11) is 0. The van der Waals surface area contributed by atoms with E-state index in [9.17, 15) is 9.59 Å². The van der Waals surface area contributed by atoms with Gasteiger partial charge in [-0.25, -0.2) is 0 Å². The number of likely N-dealkylation sites (N-methyl/N-ethyl adjacent to an activating group) is 1. The molecule has 0 aliphatic carbocycles. The Morgan fingerprint density at radius 3 is 2.70 bits per heavy atom. The molecule has 1 N–H and O–H groups in total. The van der Waals surface area contributed by atoms with Crippen molar-refractivity contribution < 1.29 is 14.7 Å². The summed E-state index contributed by atoms with van der Waals surface area (Å²) in [5.74, 6) is -1.03. The molecule has 2 rings (SSSR count). The zero-order valence-electron chi connectivity index (χ0n) is 11.2. The van der Waals surface area contributed by atoms with Gasteiger partial charge in [0, 0.05) is 24.5 Å². The predicted molar refractivity (Wildman–Crippen MR) is 80.7 cm³/mol. The quantitative estimate of drug-likeness (QED) is 0.841. The number of likely N-dealkylation sites (tertiary alicyclic amines) is 1. The average molecular weight is 361 g/mol. The Labute approximate surface area is 130 Å². The summed E-state index contributed by atoms with van der Waals surface area (Å²) in [6.45, 7) is 4.49. The van der Waals surface area contributed by atoms with E-state index in [1.165, 1.54) is 0 Å². The van der Waals surface area contributed by atoms with Gasteiger partial charge in [0.05, 0.1) is 22.8 Å². The smallest absolute Gasteiger partial charge is 0.309 e. The van der Waals surface area contributed by atoms with E-state index in [0.29, 0.717) is 32.7 Å². The second-order valence-electron chi connectivity index (χ2n) is 4.84. The van der Waals surface area contributed by atoms with Crippen LogP contribution in [0.25, 0.3) is 0 Å². The fraction of sp³-hybridized carbons (Fsp3) is 0.538. The second kappa shape index (κ2) is 6.69. The number of carbonyl (C=O) groups is 2. The van der Waals surface area contributed by atoms with Gasteiger partial charge in [-0.1, -0.05) is 0 Å². The maximum Gasteiger partial charge on any atom is 0.309 e. The standard InChI is InChI=1S/C13H17BrN2O3S/c1-2-16(7-10-3-4-11(14)20-10)12(17)8-15-5-9(6-15)13(18)19/h3-4,9H,2,5-8H2,1H3,(H,18,19). The Bertz CT molecular complexity index is 500. The predicted octanol–water partition coefficient (Wildman–Crippen LogP) is 1.88. The number of hydrogen-bond acceptors (Lipinski definition) is 4. The zero-order chi connectivity index (χ0) is 14.7. The first-order valence-electron chi connectivity index (χ1n) is 6.46. The Morgan fingerprint density at radius 1 is 1.50 bits per heavy atom. The first-order chi connectivity index (χ1) is 9.49. The highest BCUT2D eigenvalue weighted by atomic mass is 79.9. The van der Waals surface area contributed by atoms with Gasteiger partial charge in [0.1, 0.15) is 0 Å². The van der Waals surface area contributed by atoms with Crippen LogP contribution >= 0.6 is 27.3 Å². The third-order valence-electron chi connectivity index (χ3n) is 3.38. The van der Waals surface area contributed by atoms with E-state index < -0.39 is 5.97 Å². The maximum absolute atomic E-state index is 12.2. The SMILES string of the molecule is CCN(Cc1ccc(Br)s1)C(=O)CN1CC(C(=O)O)C1. The highest BCUT2D eigenvalue weighted by Crippen LogP contribution is 2.23. The molecule has 1 saturated heterocycles. The number of carboxylic acid groups (broad SMARTS) is 1. The number of hydrogen-bond donors (Lipinski definition) is 1. The van der Waals surface area contributed by atoms with E-state index in [-0.39, 0.29) is 11.8 Å². The zero-order valence-corrected chi connectivity index (χ0v) is 13.6. The molecule has 20 heavy (non-hydrogen) atoms. The Kier molecular flexibility index (Phi) is 5.17. The highest BCUT2D eigenvalue weighted by Gasteiger charge is 2.34. The largest absolute Gasteiger partial charge is 0.481 e. The van der Waals surface area contributed by atoms with E-state index >= 15 is 0 Å². The fourth-order valence-corrected chi connectivity index (χ4v) is 3.65. The van der Waals surface area contributed by atoms with Crippen molar-refractivity contribution in [3.8, 4) is 0 Å². The van der Waals surface area contributed by atoms with Crippen molar-refractivity contribution in [2.24, 2.45) is 5.92 Å². The van der Waals surface area contributed by atoms with E-state index in [4.69, 9.17) is 5.11 Å². The van der Waals surface area contributed by atoms with Crippen molar-refractivity contribution in [3.05, 3.63) is 20.8 Å². The lowest BCUT2D eigenvalue weighted by Gasteiger charge is -2.37. The van der Waals surface area contributed by atoms with Gasteiger partial charge < -0.3 is 10.0 Å². The van der Waals surface area contributed by atoms with Crippen LogP contribution in [0.4, 0.5) is 0 Å². The van der Waals surface area contributed by atoms with Crippen molar-refractivity contribution in [2.75, 3.05) is 26.2 Å². The molecule has 1 aromatic heterocycles. The molecule has 1 aliphatic rings. The monoisotopic (exact) mass is 360 g/mol. The van der Waals surface area contributed by atoms with E-state index in [0.717, 1.165) is 8.66 Å². The van der Waals surface area contributed by atoms with Gasteiger partial charge in [-0.15, -0.1) is 11.3 Å². The molecule has 0 radical (unpaired) electrons. The van der Waals surface area contributed by atoms with Gasteiger partial charge >= 0.3 is 5.97 Å². The van der Waals surface area contributed by atoms with Gasteiger partial charge in [-0.3, -0.25) is 14.5 Å². The van der Waals surface area contributed by atoms with Crippen LogP contribution in [0.3, 0.4) is 0 Å². The Balaban J connectivity index is 1.82. The first kappa shape index (κ1) is 15.5. The van der Waals surface area contributed by atoms with E-state index in [2.05, 4.69) is 15.9 Å². The number of halogens is 1. The molecule has 2 heterocycles. The number of carbonyl (C=O) groups excluding carboxylic acids is 1. The second-order valence-corrected chi connectivity index (χ2v) is 7.39. The molecule has 1 aliphatic heterocycles. The van der Waals surface area contributed by atoms with Crippen LogP contribution in [0.2, 0.25) is 0 Å². The van der Waals surface area contributed by atoms with E-state index in [1.807, 2.05) is 24.0 Å². The van der Waals surface area contributed by atoms with Crippen molar-refractivity contribution >= 4 is 39.1 Å². The van der Waals surface area contributed by atoms with Crippen LogP contribution in [0.15, 0.2) is 15.9 Å². The van der Waals surface area contributed by atoms with Crippen molar-refractivity contribution in [2.45, 2.75) is 13.5 Å². The molecule has 110 valence electrons. The lowest BCUT2D eigenvalue weighted by molar-refractivity contribution is -0.150. The minimum Gasteiger partial charge on any atom is -0.481 e. The molecular formula is C13H17BrN2O3S. The van der Waals surface area contributed by atoms with Crippen molar-refractivity contribution in [3.63, 3.8) is 0 Å². The third-order valence-corrected chi connectivity index (χ3v) is 4.98. The molecule has 0 saturated carbocycles. The molecule has 0 bridgehead atoms. The molecular weight excluding hydrogens is 344 g/mol. The molecule has 0 unspecified atom stereocenters. The number of aliphatic carboxylic acids is 1. The van der Waals surface area contributed by atoms with Crippen molar-refractivity contribution in [1.29, 1.82) is 0 Å². The summed E-state index contributed by atoms with van der Waals surface area (Å²) in [5, 5.41) is 8.81. The average Bonchev–Trinajstić information content (AvgIpc) is 2.75. The lowest BCUT2D eigenvalue weighted by Crippen LogP contribution is -2.53. The lowest BCUT2D eigenvalue weighted by atomic mass is 10.0. The third kappa shape index (κ3) is 3.80. The summed E-state index contributed by atoms with van der Waals surface area (Å²) in [4.78, 5) is 27.7. The minimum absolute atomic E-state index is 0.0564. The van der Waals surface area contributed by atoms with Crippen LogP contribution in [-0.4, -0.2) is 53.0 Å². The summed E-state index contributed by atoms with van der Waals surface area (Å²) in [6, 6.07) is 3.99. The van der Waals surface area contributed by atoms with E-state index in [1.54, 1.807) is 16.2 Å².